The van der Waals surface area contributed by atoms with Gasteiger partial charge in [-0.2, -0.15) is 0 Å². The smallest absolute Gasteiger partial charge is 0.194 e. The summed E-state index contributed by atoms with van der Waals surface area (Å²) in [5.74, 6) is 1.84. The molecule has 0 aromatic heterocycles. The molecule has 28 heavy (non-hydrogen) atoms. The van der Waals surface area contributed by atoms with Crippen LogP contribution in [0.3, 0.4) is 0 Å². The van der Waals surface area contributed by atoms with Crippen LogP contribution in [0.4, 0.5) is 5.69 Å². The van der Waals surface area contributed by atoms with Crippen LogP contribution in [0, 0.1) is 0 Å². The first-order chi connectivity index (χ1) is 13.7. The third kappa shape index (κ3) is 5.16. The molecule has 1 heterocycles. The molecule has 2 aromatic carbocycles. The van der Waals surface area contributed by atoms with Gasteiger partial charge in [-0.25, -0.2) is 0 Å². The zero-order valence-corrected chi connectivity index (χ0v) is 17.0. The fourth-order valence-corrected chi connectivity index (χ4v) is 3.40. The summed E-state index contributed by atoms with van der Waals surface area (Å²) in [4.78, 5) is 9.19. The Bertz CT molecular complexity index is 751. The van der Waals surface area contributed by atoms with E-state index in [1.54, 1.807) is 14.2 Å². The molecule has 6 heteroatoms. The first-order valence-corrected chi connectivity index (χ1v) is 9.65. The molecule has 0 radical (unpaired) electrons. The maximum atomic E-state index is 5.24. The molecule has 2 aromatic rings. The van der Waals surface area contributed by atoms with Crippen LogP contribution < -0.4 is 15.0 Å². The minimum absolute atomic E-state index is 0.647. The van der Waals surface area contributed by atoms with Gasteiger partial charge in [-0.05, 0) is 35.4 Å². The topological polar surface area (TPSA) is 49.3 Å². The Kier molecular flexibility index (Phi) is 7.14. The van der Waals surface area contributed by atoms with E-state index in [2.05, 4.69) is 56.5 Å². The predicted molar refractivity (Wildman–Crippen MR) is 114 cm³/mol. The second kappa shape index (κ2) is 9.99. The lowest BCUT2D eigenvalue weighted by atomic mass is 10.1. The number of anilines is 1. The van der Waals surface area contributed by atoms with Crippen LogP contribution in [-0.2, 0) is 17.9 Å². The van der Waals surface area contributed by atoms with Crippen molar-refractivity contribution in [1.29, 1.82) is 0 Å². The number of guanidine groups is 1. The fraction of sp³-hybridized carbons (Fsp3) is 0.409. The third-order valence-electron chi connectivity index (χ3n) is 5.01. The summed E-state index contributed by atoms with van der Waals surface area (Å²) in [6.45, 7) is 5.24. The average Bonchev–Trinajstić information content (AvgIpc) is 2.76. The highest BCUT2D eigenvalue weighted by Crippen LogP contribution is 2.20. The molecule has 0 saturated carbocycles. The SMILES string of the molecule is CN=C(NCc1ccc(COC)cc1)N1CCN(c2ccc(OC)cc2)CC1. The van der Waals surface area contributed by atoms with Crippen molar-refractivity contribution in [3.63, 3.8) is 0 Å². The van der Waals surface area contributed by atoms with Gasteiger partial charge in [0.15, 0.2) is 5.96 Å². The van der Waals surface area contributed by atoms with Crippen LogP contribution in [-0.4, -0.2) is 58.3 Å². The fourth-order valence-electron chi connectivity index (χ4n) is 3.40. The molecule has 0 amide bonds. The molecule has 1 aliphatic rings. The van der Waals surface area contributed by atoms with Gasteiger partial charge in [-0.1, -0.05) is 24.3 Å². The Morgan fingerprint density at radius 2 is 1.57 bits per heavy atom. The van der Waals surface area contributed by atoms with E-state index in [0.717, 1.165) is 44.4 Å². The molecule has 0 atom stereocenters. The summed E-state index contributed by atoms with van der Waals surface area (Å²) in [6, 6.07) is 16.8. The maximum absolute atomic E-state index is 5.24. The van der Waals surface area contributed by atoms with E-state index in [1.807, 2.05) is 19.2 Å². The van der Waals surface area contributed by atoms with Crippen LogP contribution in [0.15, 0.2) is 53.5 Å². The number of ether oxygens (including phenoxy) is 2. The zero-order chi connectivity index (χ0) is 19.8. The van der Waals surface area contributed by atoms with E-state index in [1.165, 1.54) is 16.8 Å². The normalized spacial score (nSPS) is 14.9. The predicted octanol–water partition coefficient (Wildman–Crippen LogP) is 2.74. The van der Waals surface area contributed by atoms with Gasteiger partial charge in [0.1, 0.15) is 5.75 Å². The van der Waals surface area contributed by atoms with Crippen molar-refractivity contribution in [3.8, 4) is 5.75 Å². The number of nitrogens with one attached hydrogen (secondary N) is 1. The van der Waals surface area contributed by atoms with Crippen LogP contribution >= 0.6 is 0 Å². The van der Waals surface area contributed by atoms with Crippen molar-refractivity contribution >= 4 is 11.6 Å². The summed E-state index contributed by atoms with van der Waals surface area (Å²) in [7, 11) is 5.26. The molecule has 1 N–H and O–H groups in total. The number of hydrogen-bond acceptors (Lipinski definition) is 4. The Hall–Kier alpha value is -2.73. The first-order valence-electron chi connectivity index (χ1n) is 9.65. The number of rotatable bonds is 6. The second-order valence-corrected chi connectivity index (χ2v) is 6.82. The summed E-state index contributed by atoms with van der Waals surface area (Å²) < 4.78 is 10.4. The summed E-state index contributed by atoms with van der Waals surface area (Å²) in [5, 5.41) is 3.49. The van der Waals surface area contributed by atoms with E-state index in [9.17, 15) is 0 Å². The summed E-state index contributed by atoms with van der Waals surface area (Å²) >= 11 is 0. The van der Waals surface area contributed by atoms with E-state index >= 15 is 0 Å². The molecule has 1 aliphatic heterocycles. The number of piperazine rings is 1. The van der Waals surface area contributed by atoms with Gasteiger partial charge in [0.2, 0.25) is 0 Å². The highest BCUT2D eigenvalue weighted by Gasteiger charge is 2.19. The van der Waals surface area contributed by atoms with Gasteiger partial charge in [-0.15, -0.1) is 0 Å². The number of hydrogen-bond donors (Lipinski definition) is 1. The summed E-state index contributed by atoms with van der Waals surface area (Å²) in [6.07, 6.45) is 0. The average molecular weight is 383 g/mol. The molecule has 0 unspecified atom stereocenters. The molecular formula is C22H30N4O2. The maximum Gasteiger partial charge on any atom is 0.194 e. The molecule has 1 saturated heterocycles. The number of benzene rings is 2. The second-order valence-electron chi connectivity index (χ2n) is 6.82. The van der Waals surface area contributed by atoms with Crippen LogP contribution in [0.25, 0.3) is 0 Å². The van der Waals surface area contributed by atoms with E-state index in [-0.39, 0.29) is 0 Å². The molecule has 0 aliphatic carbocycles. The highest BCUT2D eigenvalue weighted by molar-refractivity contribution is 5.80. The lowest BCUT2D eigenvalue weighted by molar-refractivity contribution is 0.185. The summed E-state index contributed by atoms with van der Waals surface area (Å²) in [5.41, 5.74) is 3.66. The van der Waals surface area contributed by atoms with Gasteiger partial charge in [-0.3, -0.25) is 4.99 Å². The Labute approximate surface area is 167 Å². The first kappa shape index (κ1) is 20.0. The Morgan fingerprint density at radius 3 is 2.14 bits per heavy atom. The van der Waals surface area contributed by atoms with Crippen molar-refractivity contribution < 1.29 is 9.47 Å². The quantitative estimate of drug-likeness (QED) is 0.615. The van der Waals surface area contributed by atoms with Crippen molar-refractivity contribution in [2.24, 2.45) is 4.99 Å². The van der Waals surface area contributed by atoms with Gasteiger partial charge < -0.3 is 24.6 Å². The van der Waals surface area contributed by atoms with E-state index in [4.69, 9.17) is 9.47 Å². The van der Waals surface area contributed by atoms with Gasteiger partial charge in [0, 0.05) is 52.6 Å². The lowest BCUT2D eigenvalue weighted by Gasteiger charge is -2.37. The lowest BCUT2D eigenvalue weighted by Crippen LogP contribution is -2.52. The van der Waals surface area contributed by atoms with Crippen molar-refractivity contribution in [2.75, 3.05) is 52.3 Å². The van der Waals surface area contributed by atoms with Crippen LogP contribution in [0.1, 0.15) is 11.1 Å². The monoisotopic (exact) mass is 382 g/mol. The van der Waals surface area contributed by atoms with Gasteiger partial charge >= 0.3 is 0 Å². The third-order valence-corrected chi connectivity index (χ3v) is 5.01. The largest absolute Gasteiger partial charge is 0.497 e. The Morgan fingerprint density at radius 1 is 0.929 bits per heavy atom. The minimum Gasteiger partial charge on any atom is -0.497 e. The molecule has 3 rings (SSSR count). The van der Waals surface area contributed by atoms with E-state index < -0.39 is 0 Å². The Balaban J connectivity index is 1.50. The van der Waals surface area contributed by atoms with Gasteiger partial charge in [0.25, 0.3) is 0 Å². The molecule has 6 nitrogen and oxygen atoms in total. The van der Waals surface area contributed by atoms with Crippen LogP contribution in [0.5, 0.6) is 5.75 Å². The molecular weight excluding hydrogens is 352 g/mol. The molecule has 0 bridgehead atoms. The highest BCUT2D eigenvalue weighted by atomic mass is 16.5. The number of nitrogens with zero attached hydrogens (tertiary/aromatic N) is 3. The molecule has 150 valence electrons. The van der Waals surface area contributed by atoms with Gasteiger partial charge in [0.05, 0.1) is 13.7 Å². The zero-order valence-electron chi connectivity index (χ0n) is 17.0. The van der Waals surface area contributed by atoms with Crippen molar-refractivity contribution in [2.45, 2.75) is 13.2 Å². The van der Waals surface area contributed by atoms with Crippen molar-refractivity contribution in [1.82, 2.24) is 10.2 Å². The van der Waals surface area contributed by atoms with E-state index in [0.29, 0.717) is 6.61 Å². The minimum atomic E-state index is 0.647. The van der Waals surface area contributed by atoms with Crippen LogP contribution in [0.2, 0.25) is 0 Å². The number of methoxy groups -OCH3 is 2. The van der Waals surface area contributed by atoms with Crippen molar-refractivity contribution in [3.05, 3.63) is 59.7 Å². The standard InChI is InChI=1S/C22H30N4O2/c1-23-22(24-16-18-4-6-19(7-5-18)17-27-2)26-14-12-25(13-15-26)20-8-10-21(28-3)11-9-20/h4-11H,12-17H2,1-3H3,(H,23,24). The molecule has 1 fully saturated rings. The molecule has 0 spiro atoms. The number of aliphatic imine (C=N–C) groups is 1.